The Morgan fingerprint density at radius 1 is 1.60 bits per heavy atom. The second-order valence-corrected chi connectivity index (χ2v) is 5.48. The molecule has 4 nitrogen and oxygen atoms in total. The van der Waals surface area contributed by atoms with Gasteiger partial charge in [-0.25, -0.2) is 0 Å². The predicted molar refractivity (Wildman–Crippen MR) is 75.5 cm³/mol. The molecule has 2 unspecified atom stereocenters. The first-order chi connectivity index (χ1) is 9.56. The number of rotatable bonds is 3. The Morgan fingerprint density at radius 3 is 3.00 bits per heavy atom. The number of hydrogen-bond donors (Lipinski definition) is 0. The number of anilines is 1. The van der Waals surface area contributed by atoms with Crippen LogP contribution in [0.3, 0.4) is 0 Å². The topological polar surface area (TPSA) is 46.6 Å². The van der Waals surface area contributed by atoms with E-state index in [9.17, 15) is 9.59 Å². The summed E-state index contributed by atoms with van der Waals surface area (Å²) in [4.78, 5) is 26.3. The molecule has 104 valence electrons. The zero-order valence-corrected chi connectivity index (χ0v) is 11.7. The van der Waals surface area contributed by atoms with Crippen LogP contribution in [0.15, 0.2) is 30.9 Å². The van der Waals surface area contributed by atoms with Crippen LogP contribution in [-0.2, 0) is 19.7 Å². The summed E-state index contributed by atoms with van der Waals surface area (Å²) in [6.45, 7) is 6.16. The number of carbonyl (C=O) groups is 2. The predicted octanol–water partition coefficient (Wildman–Crippen LogP) is 1.96. The number of benzene rings is 1. The van der Waals surface area contributed by atoms with Crippen LogP contribution >= 0.6 is 0 Å². The van der Waals surface area contributed by atoms with Crippen LogP contribution in [0.4, 0.5) is 5.69 Å². The molecule has 3 rings (SSSR count). The highest BCUT2D eigenvalue weighted by Gasteiger charge is 2.70. The smallest absolute Gasteiger partial charge is 0.310 e. The first-order valence-corrected chi connectivity index (χ1v) is 6.68. The average molecular weight is 271 g/mol. The van der Waals surface area contributed by atoms with Gasteiger partial charge in [-0.05, 0) is 25.0 Å². The van der Waals surface area contributed by atoms with E-state index in [-0.39, 0.29) is 17.8 Å². The minimum Gasteiger partial charge on any atom is -0.469 e. The minimum absolute atomic E-state index is 0.00611. The standard InChI is InChI=1S/C16H17NO3/c1-4-7-17-13-6-5-10(2)8-11(13)16(15(17)19)9-12(16)14(18)20-3/h4-6,8,12H,1,7,9H2,2-3H3. The fourth-order valence-corrected chi connectivity index (χ4v) is 3.24. The van der Waals surface area contributed by atoms with Gasteiger partial charge in [-0.2, -0.15) is 0 Å². The highest BCUT2D eigenvalue weighted by atomic mass is 16.5. The number of amides is 1. The summed E-state index contributed by atoms with van der Waals surface area (Å²) in [5, 5.41) is 0. The zero-order chi connectivity index (χ0) is 14.5. The SMILES string of the molecule is C=CCN1C(=O)C2(CC2C(=O)OC)c2cc(C)ccc21. The number of ether oxygens (including phenoxy) is 1. The number of esters is 1. The van der Waals surface area contributed by atoms with Crippen molar-refractivity contribution in [2.24, 2.45) is 5.92 Å². The van der Waals surface area contributed by atoms with Crippen LogP contribution < -0.4 is 4.90 Å². The Bertz CT molecular complexity index is 622. The average Bonchev–Trinajstić information content (AvgIpc) is 3.15. The van der Waals surface area contributed by atoms with Gasteiger partial charge in [0.05, 0.1) is 18.4 Å². The van der Waals surface area contributed by atoms with Crippen molar-refractivity contribution in [1.29, 1.82) is 0 Å². The van der Waals surface area contributed by atoms with E-state index in [0.717, 1.165) is 16.8 Å². The van der Waals surface area contributed by atoms with E-state index in [0.29, 0.717) is 13.0 Å². The Hall–Kier alpha value is -2.10. The van der Waals surface area contributed by atoms with Gasteiger partial charge in [0.2, 0.25) is 5.91 Å². The Kier molecular flexibility index (Phi) is 2.71. The van der Waals surface area contributed by atoms with Gasteiger partial charge in [-0.1, -0.05) is 23.8 Å². The minimum atomic E-state index is -0.697. The first kappa shape index (κ1) is 12.9. The lowest BCUT2D eigenvalue weighted by atomic mass is 9.93. The van der Waals surface area contributed by atoms with Crippen LogP contribution in [0.2, 0.25) is 0 Å². The van der Waals surface area contributed by atoms with E-state index in [2.05, 4.69) is 6.58 Å². The summed E-state index contributed by atoms with van der Waals surface area (Å²) < 4.78 is 4.82. The number of nitrogens with zero attached hydrogens (tertiary/aromatic N) is 1. The van der Waals surface area contributed by atoms with Crippen molar-refractivity contribution in [1.82, 2.24) is 0 Å². The lowest BCUT2D eigenvalue weighted by Gasteiger charge is -2.15. The van der Waals surface area contributed by atoms with Crippen molar-refractivity contribution in [2.75, 3.05) is 18.6 Å². The van der Waals surface area contributed by atoms with Gasteiger partial charge >= 0.3 is 5.97 Å². The molecule has 1 aliphatic carbocycles. The fraction of sp³-hybridized carbons (Fsp3) is 0.375. The summed E-state index contributed by atoms with van der Waals surface area (Å²) in [7, 11) is 1.37. The van der Waals surface area contributed by atoms with Crippen LogP contribution in [0.5, 0.6) is 0 Å². The van der Waals surface area contributed by atoms with E-state index >= 15 is 0 Å². The van der Waals surface area contributed by atoms with Crippen LogP contribution in [0, 0.1) is 12.8 Å². The molecule has 1 fully saturated rings. The number of methoxy groups -OCH3 is 1. The third-order valence-corrected chi connectivity index (χ3v) is 4.31. The van der Waals surface area contributed by atoms with Crippen LogP contribution in [-0.4, -0.2) is 25.5 Å². The fourth-order valence-electron chi connectivity index (χ4n) is 3.24. The lowest BCUT2D eigenvalue weighted by Crippen LogP contribution is -2.34. The lowest BCUT2D eigenvalue weighted by molar-refractivity contribution is -0.143. The Labute approximate surface area is 118 Å². The van der Waals surface area contributed by atoms with Crippen LogP contribution in [0.25, 0.3) is 0 Å². The van der Waals surface area contributed by atoms with E-state index < -0.39 is 5.41 Å². The molecule has 1 heterocycles. The molecule has 1 aliphatic heterocycles. The molecule has 1 aromatic rings. The van der Waals surface area contributed by atoms with Crippen LogP contribution in [0.1, 0.15) is 17.5 Å². The first-order valence-electron chi connectivity index (χ1n) is 6.68. The molecule has 0 saturated heterocycles. The molecule has 4 heteroatoms. The largest absolute Gasteiger partial charge is 0.469 e. The number of fused-ring (bicyclic) bond motifs is 2. The van der Waals surface area contributed by atoms with Gasteiger partial charge in [0.15, 0.2) is 0 Å². The highest BCUT2D eigenvalue weighted by molar-refractivity contribution is 6.13. The molecule has 1 spiro atoms. The summed E-state index contributed by atoms with van der Waals surface area (Å²) in [6, 6.07) is 5.95. The normalized spacial score (nSPS) is 26.6. The summed E-state index contributed by atoms with van der Waals surface area (Å²) in [5.41, 5.74) is 2.25. The van der Waals surface area contributed by atoms with E-state index in [1.165, 1.54) is 7.11 Å². The molecule has 2 atom stereocenters. The number of carbonyl (C=O) groups excluding carboxylic acids is 2. The molecule has 0 bridgehead atoms. The quantitative estimate of drug-likeness (QED) is 0.623. The second-order valence-electron chi connectivity index (χ2n) is 5.48. The van der Waals surface area contributed by atoms with Crippen molar-refractivity contribution in [3.63, 3.8) is 0 Å². The maximum Gasteiger partial charge on any atom is 0.310 e. The maximum absolute atomic E-state index is 12.7. The van der Waals surface area contributed by atoms with Gasteiger partial charge in [0.1, 0.15) is 0 Å². The van der Waals surface area contributed by atoms with Gasteiger partial charge in [0, 0.05) is 12.2 Å². The third kappa shape index (κ3) is 1.48. The Morgan fingerprint density at radius 2 is 2.35 bits per heavy atom. The summed E-state index contributed by atoms with van der Waals surface area (Å²) >= 11 is 0. The zero-order valence-electron chi connectivity index (χ0n) is 11.7. The molecule has 2 aliphatic rings. The van der Waals surface area contributed by atoms with Gasteiger partial charge in [-0.3, -0.25) is 9.59 Å². The molecule has 0 radical (unpaired) electrons. The summed E-state index contributed by atoms with van der Waals surface area (Å²) in [5.74, 6) is -0.657. The van der Waals surface area contributed by atoms with Crippen molar-refractivity contribution >= 4 is 17.6 Å². The second kappa shape index (κ2) is 4.20. The van der Waals surface area contributed by atoms with Gasteiger partial charge in [-0.15, -0.1) is 6.58 Å². The van der Waals surface area contributed by atoms with Gasteiger partial charge < -0.3 is 9.64 Å². The molecule has 0 aromatic heterocycles. The van der Waals surface area contributed by atoms with E-state index in [1.54, 1.807) is 11.0 Å². The van der Waals surface area contributed by atoms with Crippen molar-refractivity contribution < 1.29 is 14.3 Å². The molecule has 1 amide bonds. The number of aryl methyl sites for hydroxylation is 1. The molecule has 20 heavy (non-hydrogen) atoms. The molecule has 1 aromatic carbocycles. The monoisotopic (exact) mass is 271 g/mol. The maximum atomic E-state index is 12.7. The van der Waals surface area contributed by atoms with E-state index in [4.69, 9.17) is 4.74 Å². The van der Waals surface area contributed by atoms with Gasteiger partial charge in [0.25, 0.3) is 0 Å². The highest BCUT2D eigenvalue weighted by Crippen LogP contribution is 2.62. The Balaban J connectivity index is 2.10. The molecular weight excluding hydrogens is 254 g/mol. The van der Waals surface area contributed by atoms with Crippen molar-refractivity contribution in [3.05, 3.63) is 42.0 Å². The van der Waals surface area contributed by atoms with E-state index in [1.807, 2.05) is 25.1 Å². The number of hydrogen-bond acceptors (Lipinski definition) is 3. The van der Waals surface area contributed by atoms with Crippen molar-refractivity contribution in [2.45, 2.75) is 18.8 Å². The molecular formula is C16H17NO3. The summed E-state index contributed by atoms with van der Waals surface area (Å²) in [6.07, 6.45) is 2.25. The molecule has 0 N–H and O–H groups in total. The molecule has 1 saturated carbocycles. The van der Waals surface area contributed by atoms with Crippen molar-refractivity contribution in [3.8, 4) is 0 Å². The third-order valence-electron chi connectivity index (χ3n) is 4.31.